The number of amides is 1. The van der Waals surface area contributed by atoms with E-state index in [9.17, 15) is 9.59 Å². The fourth-order valence-corrected chi connectivity index (χ4v) is 4.39. The van der Waals surface area contributed by atoms with E-state index in [1.165, 1.54) is 12.7 Å². The molecule has 1 heterocycles. The highest BCUT2D eigenvalue weighted by molar-refractivity contribution is 6.30. The molecule has 1 N–H and O–H groups in total. The number of ether oxygens (including phenoxy) is 2. The summed E-state index contributed by atoms with van der Waals surface area (Å²) in [5, 5.41) is 3.58. The molecule has 0 radical (unpaired) electrons. The second kappa shape index (κ2) is 11.7. The van der Waals surface area contributed by atoms with Gasteiger partial charge in [0, 0.05) is 37.7 Å². The molecular formula is C29H32ClN3O4. The topological polar surface area (TPSA) is 71.1 Å². The van der Waals surface area contributed by atoms with Gasteiger partial charge in [0.25, 0.3) is 5.91 Å². The summed E-state index contributed by atoms with van der Waals surface area (Å²) >= 11 is 5.97. The van der Waals surface area contributed by atoms with E-state index in [2.05, 4.69) is 39.4 Å². The predicted molar refractivity (Wildman–Crippen MR) is 147 cm³/mol. The first-order valence-corrected chi connectivity index (χ1v) is 12.6. The summed E-state index contributed by atoms with van der Waals surface area (Å²) in [6.07, 6.45) is 0. The third-order valence-electron chi connectivity index (χ3n) is 6.36. The molecule has 1 saturated heterocycles. The molecule has 0 spiro atoms. The molecule has 1 fully saturated rings. The van der Waals surface area contributed by atoms with Crippen molar-refractivity contribution in [1.82, 2.24) is 4.90 Å². The molecule has 8 heteroatoms. The van der Waals surface area contributed by atoms with E-state index in [0.29, 0.717) is 22.0 Å². The zero-order chi connectivity index (χ0) is 26.4. The van der Waals surface area contributed by atoms with Gasteiger partial charge in [-0.2, -0.15) is 0 Å². The first-order valence-electron chi connectivity index (χ1n) is 12.2. The van der Waals surface area contributed by atoms with Gasteiger partial charge in [-0.3, -0.25) is 9.69 Å². The molecule has 0 saturated carbocycles. The second-order valence-corrected chi connectivity index (χ2v) is 9.93. The van der Waals surface area contributed by atoms with Crippen LogP contribution in [0.5, 0.6) is 5.75 Å². The van der Waals surface area contributed by atoms with Crippen LogP contribution in [0.2, 0.25) is 5.02 Å². The van der Waals surface area contributed by atoms with Gasteiger partial charge < -0.3 is 19.7 Å². The molecule has 3 aromatic carbocycles. The van der Waals surface area contributed by atoms with Crippen molar-refractivity contribution in [3.63, 3.8) is 0 Å². The van der Waals surface area contributed by atoms with Gasteiger partial charge in [-0.25, -0.2) is 4.79 Å². The molecule has 3 aromatic rings. The third kappa shape index (κ3) is 6.81. The number of halogens is 1. The molecule has 0 aromatic heterocycles. The Morgan fingerprint density at radius 1 is 0.946 bits per heavy atom. The maximum atomic E-state index is 13.3. The van der Waals surface area contributed by atoms with Gasteiger partial charge in [-0.15, -0.1) is 0 Å². The highest BCUT2D eigenvalue weighted by atomic mass is 35.5. The van der Waals surface area contributed by atoms with Crippen LogP contribution in [0.1, 0.15) is 29.8 Å². The van der Waals surface area contributed by atoms with Gasteiger partial charge in [0.15, 0.2) is 5.60 Å². The molecule has 1 amide bonds. The minimum Gasteiger partial charge on any atom is -0.478 e. The summed E-state index contributed by atoms with van der Waals surface area (Å²) in [4.78, 5) is 30.2. The number of nitrogens with one attached hydrogen (secondary N) is 1. The summed E-state index contributed by atoms with van der Waals surface area (Å²) in [6.45, 7) is 7.64. The van der Waals surface area contributed by atoms with Crippen molar-refractivity contribution >= 4 is 34.9 Å². The van der Waals surface area contributed by atoms with Crippen LogP contribution in [-0.2, 0) is 16.1 Å². The number of esters is 1. The van der Waals surface area contributed by atoms with Crippen molar-refractivity contribution in [2.24, 2.45) is 0 Å². The van der Waals surface area contributed by atoms with Gasteiger partial charge in [0.2, 0.25) is 0 Å². The number of carbonyl (C=O) groups is 2. The number of carbonyl (C=O) groups excluding carboxylic acids is 2. The van der Waals surface area contributed by atoms with Gasteiger partial charge in [-0.05, 0) is 61.9 Å². The zero-order valence-electron chi connectivity index (χ0n) is 21.4. The van der Waals surface area contributed by atoms with Crippen LogP contribution in [-0.4, -0.2) is 55.7 Å². The van der Waals surface area contributed by atoms with Crippen molar-refractivity contribution < 1.29 is 19.1 Å². The van der Waals surface area contributed by atoms with Crippen molar-refractivity contribution in [2.45, 2.75) is 26.0 Å². The zero-order valence-corrected chi connectivity index (χ0v) is 22.1. The Hall–Kier alpha value is -3.55. The first kappa shape index (κ1) is 26.5. The van der Waals surface area contributed by atoms with Crippen molar-refractivity contribution in [1.29, 1.82) is 0 Å². The van der Waals surface area contributed by atoms with Gasteiger partial charge in [0.05, 0.1) is 24.0 Å². The third-order valence-corrected chi connectivity index (χ3v) is 6.61. The Kier molecular flexibility index (Phi) is 8.36. The lowest BCUT2D eigenvalue weighted by Gasteiger charge is -2.37. The standard InChI is InChI=1S/C29H32ClN3O4/c1-29(2,37-24-12-10-23(30)11-13-24)28(35)31-25-19-22(27(34)36-3)9-14-26(25)33-17-15-32(16-18-33)20-21-7-5-4-6-8-21/h4-14,19H,15-18,20H2,1-3H3,(H,31,35). The van der Waals surface area contributed by atoms with Crippen molar-refractivity contribution in [2.75, 3.05) is 43.5 Å². The smallest absolute Gasteiger partial charge is 0.337 e. The van der Waals surface area contributed by atoms with Gasteiger partial charge in [-0.1, -0.05) is 41.9 Å². The number of methoxy groups -OCH3 is 1. The fourth-order valence-electron chi connectivity index (χ4n) is 4.26. The second-order valence-electron chi connectivity index (χ2n) is 9.49. The quantitative estimate of drug-likeness (QED) is 0.408. The lowest BCUT2D eigenvalue weighted by Crippen LogP contribution is -2.46. The van der Waals surface area contributed by atoms with E-state index in [0.717, 1.165) is 38.4 Å². The number of hydrogen-bond acceptors (Lipinski definition) is 6. The number of benzene rings is 3. The van der Waals surface area contributed by atoms with Crippen LogP contribution in [0.3, 0.4) is 0 Å². The molecule has 0 unspecified atom stereocenters. The molecule has 1 aliphatic rings. The molecular weight excluding hydrogens is 490 g/mol. The van der Waals surface area contributed by atoms with Crippen LogP contribution < -0.4 is 15.0 Å². The largest absolute Gasteiger partial charge is 0.478 e. The maximum Gasteiger partial charge on any atom is 0.337 e. The Morgan fingerprint density at radius 2 is 1.62 bits per heavy atom. The van der Waals surface area contributed by atoms with E-state index in [4.69, 9.17) is 21.1 Å². The molecule has 0 atom stereocenters. The molecule has 4 rings (SSSR count). The minimum absolute atomic E-state index is 0.339. The van der Waals surface area contributed by atoms with Crippen molar-refractivity contribution in [3.05, 3.63) is 88.9 Å². The number of piperazine rings is 1. The molecule has 7 nitrogen and oxygen atoms in total. The van der Waals surface area contributed by atoms with Crippen LogP contribution in [0.15, 0.2) is 72.8 Å². The summed E-state index contributed by atoms with van der Waals surface area (Å²) < 4.78 is 10.9. The Labute approximate surface area is 222 Å². The van der Waals surface area contributed by atoms with Crippen LogP contribution in [0, 0.1) is 0 Å². The van der Waals surface area contributed by atoms with Gasteiger partial charge >= 0.3 is 5.97 Å². The lowest BCUT2D eigenvalue weighted by molar-refractivity contribution is -0.128. The van der Waals surface area contributed by atoms with E-state index in [-0.39, 0.29) is 5.91 Å². The summed E-state index contributed by atoms with van der Waals surface area (Å²) in [6, 6.07) is 22.5. The summed E-state index contributed by atoms with van der Waals surface area (Å²) in [7, 11) is 1.34. The summed E-state index contributed by atoms with van der Waals surface area (Å²) in [5.74, 6) is -0.276. The molecule has 1 aliphatic heterocycles. The molecule has 0 bridgehead atoms. The number of hydrogen-bond donors (Lipinski definition) is 1. The minimum atomic E-state index is -1.18. The highest BCUT2D eigenvalue weighted by Crippen LogP contribution is 2.30. The number of anilines is 2. The van der Waals surface area contributed by atoms with Gasteiger partial charge in [0.1, 0.15) is 5.75 Å². The Morgan fingerprint density at radius 3 is 2.27 bits per heavy atom. The average molecular weight is 522 g/mol. The van der Waals surface area contributed by atoms with E-state index < -0.39 is 11.6 Å². The van der Waals surface area contributed by atoms with Crippen molar-refractivity contribution in [3.8, 4) is 5.75 Å². The fraction of sp³-hybridized carbons (Fsp3) is 0.310. The van der Waals surface area contributed by atoms with Crippen LogP contribution in [0.4, 0.5) is 11.4 Å². The molecule has 0 aliphatic carbocycles. The summed E-state index contributed by atoms with van der Waals surface area (Å²) in [5.41, 5.74) is 1.86. The lowest BCUT2D eigenvalue weighted by atomic mass is 10.1. The first-order chi connectivity index (χ1) is 17.7. The van der Waals surface area contributed by atoms with Crippen LogP contribution >= 0.6 is 11.6 Å². The highest BCUT2D eigenvalue weighted by Gasteiger charge is 2.31. The maximum absolute atomic E-state index is 13.3. The Balaban J connectivity index is 1.50. The molecule has 37 heavy (non-hydrogen) atoms. The predicted octanol–water partition coefficient (Wildman–Crippen LogP) is 5.24. The SMILES string of the molecule is COC(=O)c1ccc(N2CCN(Cc3ccccc3)CC2)c(NC(=O)C(C)(C)Oc2ccc(Cl)cc2)c1. The average Bonchev–Trinajstić information content (AvgIpc) is 2.90. The molecule has 194 valence electrons. The number of nitrogens with zero attached hydrogens (tertiary/aromatic N) is 2. The van der Waals surface area contributed by atoms with E-state index in [1.807, 2.05) is 12.1 Å². The normalized spacial score (nSPS) is 14.2. The van der Waals surface area contributed by atoms with Crippen LogP contribution in [0.25, 0.3) is 0 Å². The van der Waals surface area contributed by atoms with E-state index in [1.54, 1.807) is 50.2 Å². The van der Waals surface area contributed by atoms with E-state index >= 15 is 0 Å². The Bertz CT molecular complexity index is 1220. The monoisotopic (exact) mass is 521 g/mol. The number of rotatable bonds is 8.